The second kappa shape index (κ2) is 11.8. The van der Waals surface area contributed by atoms with Gasteiger partial charge >= 0.3 is 5.97 Å². The fourth-order valence-electron chi connectivity index (χ4n) is 4.14. The molecule has 0 fully saturated rings. The monoisotopic (exact) mass is 531 g/mol. The maximum Gasteiger partial charge on any atom is 0.309 e. The number of aromatic nitrogens is 2. The van der Waals surface area contributed by atoms with E-state index in [-0.39, 0.29) is 17.7 Å². The van der Waals surface area contributed by atoms with Crippen LogP contribution < -0.4 is 19.5 Å². The Morgan fingerprint density at radius 3 is 2.15 bits per heavy atom. The molecule has 9 heteroatoms. The number of amides is 1. The van der Waals surface area contributed by atoms with Crippen LogP contribution in [0, 0.1) is 11.7 Å². The Hall–Kier alpha value is -4.66. The number of ether oxygens (including phenoxy) is 3. The minimum Gasteiger partial charge on any atom is -0.493 e. The molecule has 1 aromatic heterocycles. The van der Waals surface area contributed by atoms with Crippen molar-refractivity contribution in [2.75, 3.05) is 19.5 Å². The number of halogens is 1. The number of anilines is 1. The van der Waals surface area contributed by atoms with E-state index in [1.807, 2.05) is 32.0 Å². The van der Waals surface area contributed by atoms with E-state index < -0.39 is 11.8 Å². The van der Waals surface area contributed by atoms with Crippen molar-refractivity contribution in [1.29, 1.82) is 0 Å². The lowest BCUT2D eigenvalue weighted by Gasteiger charge is -2.12. The van der Waals surface area contributed by atoms with Crippen LogP contribution in [0.25, 0.3) is 28.1 Å². The summed E-state index contributed by atoms with van der Waals surface area (Å²) in [5.41, 5.74) is 3.52. The highest BCUT2D eigenvalue weighted by Crippen LogP contribution is 2.43. The van der Waals surface area contributed by atoms with Crippen molar-refractivity contribution in [2.45, 2.75) is 27.2 Å². The molecule has 0 unspecified atom stereocenters. The van der Waals surface area contributed by atoms with Crippen LogP contribution in [0.4, 0.5) is 10.1 Å². The van der Waals surface area contributed by atoms with E-state index in [0.29, 0.717) is 51.7 Å². The van der Waals surface area contributed by atoms with Gasteiger partial charge in [0.1, 0.15) is 11.5 Å². The van der Waals surface area contributed by atoms with Gasteiger partial charge in [-0.3, -0.25) is 9.59 Å². The largest absolute Gasteiger partial charge is 0.493 e. The van der Waals surface area contributed by atoms with E-state index >= 15 is 0 Å². The van der Waals surface area contributed by atoms with Crippen LogP contribution >= 0.6 is 0 Å². The van der Waals surface area contributed by atoms with E-state index in [4.69, 9.17) is 19.3 Å². The summed E-state index contributed by atoms with van der Waals surface area (Å²) in [5.74, 6) is 0.407. The van der Waals surface area contributed by atoms with Gasteiger partial charge in [0.15, 0.2) is 11.5 Å². The van der Waals surface area contributed by atoms with E-state index in [0.717, 1.165) is 0 Å². The van der Waals surface area contributed by atoms with Gasteiger partial charge in [0.2, 0.25) is 11.8 Å². The molecular weight excluding hydrogens is 501 g/mol. The second-order valence-corrected chi connectivity index (χ2v) is 9.30. The first kappa shape index (κ1) is 27.4. The fraction of sp³-hybridized carbons (Fsp3) is 0.233. The SMILES string of the molecule is COc1ccc(-c2nn(-c3ccc(F)cc3)c(OC(C)=O)c2-c2ccc(NC(=O)CC(C)C)cc2)cc1OC. The highest BCUT2D eigenvalue weighted by atomic mass is 19.1. The van der Waals surface area contributed by atoms with Gasteiger partial charge in [0, 0.05) is 24.6 Å². The van der Waals surface area contributed by atoms with Gasteiger partial charge in [-0.15, -0.1) is 0 Å². The van der Waals surface area contributed by atoms with Crippen molar-refractivity contribution in [1.82, 2.24) is 9.78 Å². The quantitative estimate of drug-likeness (QED) is 0.256. The first-order chi connectivity index (χ1) is 18.7. The zero-order chi connectivity index (χ0) is 28.1. The van der Waals surface area contributed by atoms with Gasteiger partial charge in [-0.1, -0.05) is 26.0 Å². The third-order valence-corrected chi connectivity index (χ3v) is 5.86. The van der Waals surface area contributed by atoms with Crippen molar-refractivity contribution in [3.05, 3.63) is 72.5 Å². The van der Waals surface area contributed by atoms with Crippen molar-refractivity contribution < 1.29 is 28.2 Å². The molecule has 1 N–H and O–H groups in total. The number of carbonyl (C=O) groups excluding carboxylic acids is 2. The van der Waals surface area contributed by atoms with Crippen molar-refractivity contribution >= 4 is 17.6 Å². The predicted molar refractivity (Wildman–Crippen MR) is 147 cm³/mol. The number of nitrogens with zero attached hydrogens (tertiary/aromatic N) is 2. The molecule has 0 aliphatic heterocycles. The third kappa shape index (κ3) is 6.26. The summed E-state index contributed by atoms with van der Waals surface area (Å²) < 4.78 is 31.7. The Balaban J connectivity index is 1.90. The van der Waals surface area contributed by atoms with Gasteiger partial charge < -0.3 is 19.5 Å². The summed E-state index contributed by atoms with van der Waals surface area (Å²) >= 11 is 0. The third-order valence-electron chi connectivity index (χ3n) is 5.86. The number of hydrogen-bond acceptors (Lipinski definition) is 6. The highest BCUT2D eigenvalue weighted by molar-refractivity contribution is 5.92. The molecule has 0 saturated heterocycles. The number of nitrogens with one attached hydrogen (secondary N) is 1. The fourth-order valence-corrected chi connectivity index (χ4v) is 4.14. The molecule has 0 radical (unpaired) electrons. The number of benzene rings is 3. The smallest absolute Gasteiger partial charge is 0.309 e. The summed E-state index contributed by atoms with van der Waals surface area (Å²) in [6.07, 6.45) is 0.409. The molecule has 0 saturated carbocycles. The highest BCUT2D eigenvalue weighted by Gasteiger charge is 2.25. The zero-order valence-electron chi connectivity index (χ0n) is 22.4. The molecule has 0 bridgehead atoms. The van der Waals surface area contributed by atoms with E-state index in [1.165, 1.54) is 30.8 Å². The van der Waals surface area contributed by atoms with E-state index in [9.17, 15) is 14.0 Å². The van der Waals surface area contributed by atoms with E-state index in [2.05, 4.69) is 5.32 Å². The molecule has 4 aromatic rings. The molecular formula is C30H30FN3O5. The molecule has 0 aliphatic rings. The normalized spacial score (nSPS) is 10.8. The summed E-state index contributed by atoms with van der Waals surface area (Å²) in [7, 11) is 3.09. The standard InChI is InChI=1S/C30H30FN3O5/c1-18(2)16-27(36)32-23-11-6-20(7-12-23)28-29(21-8-15-25(37-4)26(17-21)38-5)33-34(30(28)39-19(3)35)24-13-9-22(31)10-14-24/h6-15,17-18H,16H2,1-5H3,(H,32,36). The first-order valence-corrected chi connectivity index (χ1v) is 12.4. The molecule has 202 valence electrons. The Kier molecular flexibility index (Phi) is 8.29. The van der Waals surface area contributed by atoms with Crippen LogP contribution in [0.3, 0.4) is 0 Å². The summed E-state index contributed by atoms with van der Waals surface area (Å²) in [6, 6.07) is 18.2. The maximum absolute atomic E-state index is 13.7. The van der Waals surface area contributed by atoms with Gasteiger partial charge in [0.05, 0.1) is 25.5 Å². The van der Waals surface area contributed by atoms with Gasteiger partial charge in [-0.25, -0.2) is 4.39 Å². The molecule has 0 spiro atoms. The maximum atomic E-state index is 13.7. The number of rotatable bonds is 9. The van der Waals surface area contributed by atoms with Crippen molar-refractivity contribution in [2.24, 2.45) is 5.92 Å². The van der Waals surface area contributed by atoms with Gasteiger partial charge in [0.25, 0.3) is 0 Å². The Morgan fingerprint density at radius 1 is 0.923 bits per heavy atom. The lowest BCUT2D eigenvalue weighted by atomic mass is 10.0. The molecule has 0 atom stereocenters. The average molecular weight is 532 g/mol. The molecule has 3 aromatic carbocycles. The van der Waals surface area contributed by atoms with Crippen LogP contribution in [0.15, 0.2) is 66.7 Å². The van der Waals surface area contributed by atoms with Crippen molar-refractivity contribution in [3.63, 3.8) is 0 Å². The van der Waals surface area contributed by atoms with Crippen LogP contribution in [0.5, 0.6) is 17.4 Å². The number of methoxy groups -OCH3 is 2. The van der Waals surface area contributed by atoms with Gasteiger partial charge in [-0.05, 0) is 66.1 Å². The molecule has 4 rings (SSSR count). The molecule has 1 heterocycles. The lowest BCUT2D eigenvalue weighted by Crippen LogP contribution is -2.13. The second-order valence-electron chi connectivity index (χ2n) is 9.30. The Bertz CT molecular complexity index is 1480. The van der Waals surface area contributed by atoms with Crippen LogP contribution in [-0.4, -0.2) is 35.9 Å². The Morgan fingerprint density at radius 2 is 1.56 bits per heavy atom. The van der Waals surface area contributed by atoms with Crippen LogP contribution in [0.2, 0.25) is 0 Å². The molecule has 8 nitrogen and oxygen atoms in total. The molecule has 1 amide bonds. The number of hydrogen-bond donors (Lipinski definition) is 1. The van der Waals surface area contributed by atoms with Crippen LogP contribution in [-0.2, 0) is 9.59 Å². The predicted octanol–water partition coefficient (Wildman–Crippen LogP) is 6.27. The first-order valence-electron chi connectivity index (χ1n) is 12.4. The number of carbonyl (C=O) groups is 2. The topological polar surface area (TPSA) is 91.7 Å². The average Bonchev–Trinajstić information content (AvgIpc) is 3.27. The summed E-state index contributed by atoms with van der Waals surface area (Å²) in [6.45, 7) is 5.26. The van der Waals surface area contributed by atoms with Crippen molar-refractivity contribution in [3.8, 4) is 45.5 Å². The van der Waals surface area contributed by atoms with E-state index in [1.54, 1.807) is 43.5 Å². The van der Waals surface area contributed by atoms with Crippen LogP contribution in [0.1, 0.15) is 27.2 Å². The number of esters is 1. The lowest BCUT2D eigenvalue weighted by molar-refractivity contribution is -0.132. The Labute approximate surface area is 226 Å². The van der Waals surface area contributed by atoms with Gasteiger partial charge in [-0.2, -0.15) is 9.78 Å². The minimum atomic E-state index is -0.545. The minimum absolute atomic E-state index is 0.0755. The molecule has 39 heavy (non-hydrogen) atoms. The zero-order valence-corrected chi connectivity index (χ0v) is 22.4. The summed E-state index contributed by atoms with van der Waals surface area (Å²) in [5, 5.41) is 7.69. The summed E-state index contributed by atoms with van der Waals surface area (Å²) in [4.78, 5) is 24.5. The molecule has 0 aliphatic carbocycles.